The molecule has 3 atom stereocenters. The van der Waals surface area contributed by atoms with Crippen LogP contribution in [0.5, 0.6) is 5.75 Å². The summed E-state index contributed by atoms with van der Waals surface area (Å²) in [6.07, 6.45) is 6.23. The number of nitriles is 1. The lowest BCUT2D eigenvalue weighted by Crippen LogP contribution is -2.33. The van der Waals surface area contributed by atoms with Crippen molar-refractivity contribution in [1.29, 1.82) is 5.26 Å². The van der Waals surface area contributed by atoms with Crippen molar-refractivity contribution in [2.24, 2.45) is 0 Å². The second-order valence-corrected chi connectivity index (χ2v) is 9.58. The maximum absolute atomic E-state index is 10.3. The summed E-state index contributed by atoms with van der Waals surface area (Å²) in [7, 11) is 0. The topological polar surface area (TPSA) is 82.7 Å². The van der Waals surface area contributed by atoms with Gasteiger partial charge in [-0.3, -0.25) is 0 Å². The average Bonchev–Trinajstić information content (AvgIpc) is 3.61. The van der Waals surface area contributed by atoms with Crippen LogP contribution in [0.15, 0.2) is 36.4 Å². The predicted molar refractivity (Wildman–Crippen MR) is 121 cm³/mol. The number of nitrogens with zero attached hydrogens (tertiary/aromatic N) is 1. The van der Waals surface area contributed by atoms with E-state index < -0.39 is 6.10 Å². The molecular weight excluding hydrogens is 402 g/mol. The molecule has 1 heterocycles. The second-order valence-electron chi connectivity index (χ2n) is 9.58. The summed E-state index contributed by atoms with van der Waals surface area (Å²) < 4.78 is 12.3. The van der Waals surface area contributed by atoms with E-state index in [1.54, 1.807) is 0 Å². The van der Waals surface area contributed by atoms with Crippen LogP contribution in [0.3, 0.4) is 0 Å². The highest BCUT2D eigenvalue weighted by atomic mass is 16.5. The molecule has 0 aromatic heterocycles. The number of aliphatic hydroxyl groups excluding tert-OH is 2. The SMILES string of the molecule is N#Cc1c(Cc2ccc(C3CC3)cc2)cc([C@H]2C[C@@H](O)C[C@@H](CO)O2)cc1OC1CCC1. The van der Waals surface area contributed by atoms with E-state index in [0.29, 0.717) is 30.6 Å². The maximum atomic E-state index is 10.3. The average molecular weight is 434 g/mol. The number of hydrogen-bond acceptors (Lipinski definition) is 5. The molecule has 3 fully saturated rings. The first kappa shape index (κ1) is 21.5. The Kier molecular flexibility index (Phi) is 6.19. The molecule has 0 radical (unpaired) electrons. The molecule has 168 valence electrons. The number of rotatable bonds is 7. The van der Waals surface area contributed by atoms with Crippen LogP contribution in [0.4, 0.5) is 0 Å². The normalized spacial score (nSPS) is 25.7. The molecular formula is C27H31NO4. The number of ether oxygens (including phenoxy) is 2. The highest BCUT2D eigenvalue weighted by Crippen LogP contribution is 2.40. The molecule has 32 heavy (non-hydrogen) atoms. The molecule has 3 aliphatic rings. The van der Waals surface area contributed by atoms with E-state index in [9.17, 15) is 15.5 Å². The summed E-state index contributed by atoms with van der Waals surface area (Å²) in [6.45, 7) is -0.116. The van der Waals surface area contributed by atoms with E-state index in [2.05, 4.69) is 30.3 Å². The minimum atomic E-state index is -0.518. The standard InChI is InChI=1S/C27H31NO4/c28-15-25-20(10-17-4-6-18(7-5-17)19-8-9-19)11-21(12-27(25)31-23-2-1-3-23)26-14-22(30)13-24(16-29)32-26/h4-7,11-12,19,22-24,26,29-30H,1-3,8-10,13-14,16H2/t22-,24-,26+/m0/s1. The van der Waals surface area contributed by atoms with Crippen molar-refractivity contribution >= 4 is 0 Å². The molecule has 2 aromatic carbocycles. The Bertz CT molecular complexity index is 988. The third-order valence-electron chi connectivity index (χ3n) is 7.04. The molecule has 2 N–H and O–H groups in total. The molecule has 2 aliphatic carbocycles. The second kappa shape index (κ2) is 9.23. The van der Waals surface area contributed by atoms with Gasteiger partial charge in [-0.2, -0.15) is 5.26 Å². The van der Waals surface area contributed by atoms with Crippen LogP contribution < -0.4 is 4.74 Å². The van der Waals surface area contributed by atoms with Crippen LogP contribution in [-0.4, -0.2) is 35.1 Å². The van der Waals surface area contributed by atoms with E-state index >= 15 is 0 Å². The van der Waals surface area contributed by atoms with Gasteiger partial charge in [-0.1, -0.05) is 30.3 Å². The van der Waals surface area contributed by atoms with Crippen LogP contribution in [0.1, 0.15) is 84.8 Å². The van der Waals surface area contributed by atoms with Crippen molar-refractivity contribution in [2.75, 3.05) is 6.61 Å². The maximum Gasteiger partial charge on any atom is 0.138 e. The Morgan fingerprint density at radius 2 is 1.81 bits per heavy atom. The molecule has 5 nitrogen and oxygen atoms in total. The first-order valence-corrected chi connectivity index (χ1v) is 11.9. The minimum absolute atomic E-state index is 0.116. The minimum Gasteiger partial charge on any atom is -0.489 e. The molecule has 2 saturated carbocycles. The quantitative estimate of drug-likeness (QED) is 0.670. The molecule has 0 unspecified atom stereocenters. The molecule has 2 aromatic rings. The van der Waals surface area contributed by atoms with Crippen molar-refractivity contribution in [1.82, 2.24) is 0 Å². The van der Waals surface area contributed by atoms with Gasteiger partial charge in [0.1, 0.15) is 11.8 Å². The van der Waals surface area contributed by atoms with Crippen molar-refractivity contribution in [2.45, 2.75) is 81.7 Å². The molecule has 1 saturated heterocycles. The summed E-state index contributed by atoms with van der Waals surface area (Å²) in [6, 6.07) is 15.1. The zero-order valence-corrected chi connectivity index (χ0v) is 18.4. The van der Waals surface area contributed by atoms with Gasteiger partial charge in [0, 0.05) is 12.8 Å². The monoisotopic (exact) mass is 433 g/mol. The third kappa shape index (κ3) is 4.68. The summed E-state index contributed by atoms with van der Waals surface area (Å²) in [5.74, 6) is 1.34. The van der Waals surface area contributed by atoms with Gasteiger partial charge in [-0.05, 0) is 72.8 Å². The van der Waals surface area contributed by atoms with Gasteiger partial charge in [-0.25, -0.2) is 0 Å². The summed E-state index contributed by atoms with van der Waals surface area (Å²) in [4.78, 5) is 0. The first-order valence-electron chi connectivity index (χ1n) is 11.9. The van der Waals surface area contributed by atoms with Crippen molar-refractivity contribution in [3.05, 3.63) is 64.2 Å². The molecule has 5 heteroatoms. The van der Waals surface area contributed by atoms with Gasteiger partial charge in [-0.15, -0.1) is 0 Å². The number of benzene rings is 2. The van der Waals surface area contributed by atoms with Gasteiger partial charge in [0.2, 0.25) is 0 Å². The van der Waals surface area contributed by atoms with Crippen molar-refractivity contribution in [3.63, 3.8) is 0 Å². The Morgan fingerprint density at radius 3 is 2.44 bits per heavy atom. The molecule has 5 rings (SSSR count). The number of aliphatic hydroxyl groups is 2. The van der Waals surface area contributed by atoms with E-state index in [1.165, 1.54) is 18.4 Å². The third-order valence-corrected chi connectivity index (χ3v) is 7.04. The lowest BCUT2D eigenvalue weighted by Gasteiger charge is -2.33. The van der Waals surface area contributed by atoms with Crippen LogP contribution in [0.25, 0.3) is 0 Å². The van der Waals surface area contributed by atoms with E-state index in [0.717, 1.165) is 41.9 Å². The zero-order valence-electron chi connectivity index (χ0n) is 18.4. The van der Waals surface area contributed by atoms with Gasteiger partial charge >= 0.3 is 0 Å². The van der Waals surface area contributed by atoms with Crippen LogP contribution in [0, 0.1) is 11.3 Å². The Hall–Kier alpha value is -2.39. The summed E-state index contributed by atoms with van der Waals surface area (Å²) >= 11 is 0. The summed E-state index contributed by atoms with van der Waals surface area (Å²) in [5.41, 5.74) is 4.97. The zero-order chi connectivity index (χ0) is 22.1. The first-order chi connectivity index (χ1) is 15.6. The van der Waals surface area contributed by atoms with E-state index in [-0.39, 0.29) is 24.9 Å². The highest BCUT2D eigenvalue weighted by Gasteiger charge is 2.31. The largest absolute Gasteiger partial charge is 0.489 e. The van der Waals surface area contributed by atoms with Gasteiger partial charge < -0.3 is 19.7 Å². The van der Waals surface area contributed by atoms with Crippen molar-refractivity contribution in [3.8, 4) is 11.8 Å². The fourth-order valence-electron chi connectivity index (χ4n) is 4.78. The summed E-state index contributed by atoms with van der Waals surface area (Å²) in [5, 5.41) is 29.9. The molecule has 0 bridgehead atoms. The lowest BCUT2D eigenvalue weighted by molar-refractivity contribution is -0.113. The van der Waals surface area contributed by atoms with Crippen molar-refractivity contribution < 1.29 is 19.7 Å². The fourth-order valence-corrected chi connectivity index (χ4v) is 4.78. The van der Waals surface area contributed by atoms with Crippen LogP contribution in [0.2, 0.25) is 0 Å². The van der Waals surface area contributed by atoms with Gasteiger partial charge in [0.05, 0.1) is 36.6 Å². The highest BCUT2D eigenvalue weighted by molar-refractivity contribution is 5.53. The lowest BCUT2D eigenvalue weighted by atomic mass is 9.90. The Morgan fingerprint density at radius 1 is 1.03 bits per heavy atom. The smallest absolute Gasteiger partial charge is 0.138 e. The Labute approximate surface area is 189 Å². The van der Waals surface area contributed by atoms with Gasteiger partial charge in [0.15, 0.2) is 0 Å². The fraction of sp³-hybridized carbons (Fsp3) is 0.519. The molecule has 0 spiro atoms. The van der Waals surface area contributed by atoms with E-state index in [1.807, 2.05) is 12.1 Å². The number of hydrogen-bond donors (Lipinski definition) is 2. The Balaban J connectivity index is 1.47. The predicted octanol–water partition coefficient (Wildman–Crippen LogP) is 4.53. The van der Waals surface area contributed by atoms with Crippen LogP contribution in [-0.2, 0) is 11.2 Å². The molecule has 0 amide bonds. The van der Waals surface area contributed by atoms with Gasteiger partial charge in [0.25, 0.3) is 0 Å². The van der Waals surface area contributed by atoms with E-state index in [4.69, 9.17) is 9.47 Å². The van der Waals surface area contributed by atoms with Crippen LogP contribution >= 0.6 is 0 Å². The molecule has 1 aliphatic heterocycles.